The van der Waals surface area contributed by atoms with E-state index < -0.39 is 0 Å². The fraction of sp³-hybridized carbons (Fsp3) is 0.731. The molecule has 35 heavy (non-hydrogen) atoms. The first-order valence-electron chi connectivity index (χ1n) is 13.4. The van der Waals surface area contributed by atoms with Crippen LogP contribution in [0.2, 0.25) is 0 Å². The zero-order chi connectivity index (χ0) is 24.5. The third-order valence-electron chi connectivity index (χ3n) is 8.48. The van der Waals surface area contributed by atoms with Crippen molar-refractivity contribution in [2.45, 2.75) is 76.1 Å². The van der Waals surface area contributed by atoms with Gasteiger partial charge in [-0.1, -0.05) is 12.8 Å². The topological polar surface area (TPSA) is 92.3 Å². The molecule has 0 radical (unpaired) electrons. The number of benzene rings is 1. The first kappa shape index (κ1) is 24.6. The number of piperidine rings is 1. The van der Waals surface area contributed by atoms with Crippen molar-refractivity contribution in [3.05, 3.63) is 18.2 Å². The van der Waals surface area contributed by atoms with Gasteiger partial charge in [0.15, 0.2) is 0 Å². The average molecular weight is 487 g/mol. The van der Waals surface area contributed by atoms with Crippen LogP contribution in [0.5, 0.6) is 5.75 Å². The number of ether oxygens (including phenoxy) is 1. The van der Waals surface area contributed by atoms with E-state index in [9.17, 15) is 9.90 Å². The normalized spacial score (nSPS) is 32.6. The van der Waals surface area contributed by atoms with E-state index in [0.717, 1.165) is 68.9 Å². The first-order valence-corrected chi connectivity index (χ1v) is 13.4. The van der Waals surface area contributed by atoms with Crippen molar-refractivity contribution < 1.29 is 14.6 Å². The van der Waals surface area contributed by atoms with E-state index in [2.05, 4.69) is 51.0 Å². The molecule has 0 bridgehead atoms. The molecule has 9 nitrogen and oxygen atoms in total. The van der Waals surface area contributed by atoms with Gasteiger partial charge in [0.2, 0.25) is 5.91 Å². The van der Waals surface area contributed by atoms with E-state index >= 15 is 0 Å². The Labute approximate surface area is 209 Å². The molecule has 5 atom stereocenters. The Kier molecular flexibility index (Phi) is 7.39. The Morgan fingerprint density at radius 1 is 1.11 bits per heavy atom. The molecular formula is C26H42N6O3. The molecule has 0 aromatic heterocycles. The summed E-state index contributed by atoms with van der Waals surface area (Å²) in [5, 5.41) is 20.8. The third kappa shape index (κ3) is 4.96. The van der Waals surface area contributed by atoms with Crippen molar-refractivity contribution in [1.82, 2.24) is 20.4 Å². The van der Waals surface area contributed by atoms with Gasteiger partial charge in [0.25, 0.3) is 0 Å². The van der Waals surface area contributed by atoms with Gasteiger partial charge in [-0.15, -0.1) is 0 Å². The molecule has 194 valence electrons. The van der Waals surface area contributed by atoms with Gasteiger partial charge < -0.3 is 25.0 Å². The number of rotatable bonds is 5. The number of aliphatic hydroxyl groups is 1. The van der Waals surface area contributed by atoms with Crippen LogP contribution in [0.4, 0.5) is 11.4 Å². The second kappa shape index (κ2) is 10.5. The SMILES string of the molecule is CCOc1cc(N2CCC(O)CC2)ccc1NC1NCC2C(N1)N(C)C1CCCCC1C(=O)N2C. The molecule has 1 aromatic carbocycles. The summed E-state index contributed by atoms with van der Waals surface area (Å²) in [4.78, 5) is 20.0. The van der Waals surface area contributed by atoms with Crippen molar-refractivity contribution in [3.63, 3.8) is 0 Å². The molecule has 5 rings (SSSR count). The highest BCUT2D eigenvalue weighted by atomic mass is 16.5. The van der Waals surface area contributed by atoms with Crippen molar-refractivity contribution in [2.24, 2.45) is 5.92 Å². The molecule has 0 spiro atoms. The van der Waals surface area contributed by atoms with E-state index in [1.54, 1.807) is 0 Å². The molecular weight excluding hydrogens is 444 g/mol. The number of nitrogens with zero attached hydrogens (tertiary/aromatic N) is 3. The van der Waals surface area contributed by atoms with Crippen LogP contribution in [-0.2, 0) is 4.79 Å². The lowest BCUT2D eigenvalue weighted by atomic mass is 9.83. The summed E-state index contributed by atoms with van der Waals surface area (Å²) in [6.07, 6.45) is 5.76. The van der Waals surface area contributed by atoms with Crippen LogP contribution in [0.15, 0.2) is 18.2 Å². The molecule has 1 aromatic rings. The molecule has 4 aliphatic rings. The molecule has 3 aliphatic heterocycles. The Morgan fingerprint density at radius 2 is 1.89 bits per heavy atom. The lowest BCUT2D eigenvalue weighted by molar-refractivity contribution is -0.137. The van der Waals surface area contributed by atoms with Gasteiger partial charge in [-0.05, 0) is 51.8 Å². The van der Waals surface area contributed by atoms with Crippen molar-refractivity contribution in [2.75, 3.05) is 50.6 Å². The highest BCUT2D eigenvalue weighted by Gasteiger charge is 2.47. The van der Waals surface area contributed by atoms with Gasteiger partial charge in [-0.3, -0.25) is 20.3 Å². The van der Waals surface area contributed by atoms with E-state index in [0.29, 0.717) is 18.6 Å². The monoisotopic (exact) mass is 486 g/mol. The summed E-state index contributed by atoms with van der Waals surface area (Å²) in [5.74, 6) is 1.23. The van der Waals surface area contributed by atoms with Crippen LogP contribution in [-0.4, -0.2) is 91.8 Å². The number of nitrogens with one attached hydrogen (secondary N) is 3. The highest BCUT2D eigenvalue weighted by molar-refractivity contribution is 5.80. The summed E-state index contributed by atoms with van der Waals surface area (Å²) >= 11 is 0. The standard InChI is InChI=1S/C26H42N6O3/c1-4-35-23-15-17(32-13-11-18(33)12-14-32)9-10-20(23)28-26-27-16-22-24(29-26)30(2)21-8-6-5-7-19(21)25(34)31(22)3/h9-10,15,18-19,21-22,24,26-29,33H,4-8,11-14,16H2,1-3H3. The minimum Gasteiger partial charge on any atom is -0.492 e. The van der Waals surface area contributed by atoms with Crippen molar-refractivity contribution in [1.29, 1.82) is 0 Å². The van der Waals surface area contributed by atoms with Crippen LogP contribution in [0.3, 0.4) is 0 Å². The number of likely N-dealkylation sites (N-methyl/N-ethyl adjacent to an activating group) is 2. The summed E-state index contributed by atoms with van der Waals surface area (Å²) in [7, 11) is 4.14. The second-order valence-electron chi connectivity index (χ2n) is 10.6. The molecule has 1 amide bonds. The molecule has 1 saturated carbocycles. The molecule has 5 unspecified atom stereocenters. The van der Waals surface area contributed by atoms with E-state index in [-0.39, 0.29) is 30.5 Å². The average Bonchev–Trinajstić information content (AvgIpc) is 2.95. The summed E-state index contributed by atoms with van der Waals surface area (Å²) in [6, 6.07) is 6.70. The van der Waals surface area contributed by atoms with E-state index in [1.165, 1.54) is 6.42 Å². The van der Waals surface area contributed by atoms with Gasteiger partial charge >= 0.3 is 0 Å². The number of aliphatic hydroxyl groups excluding tert-OH is 1. The quantitative estimate of drug-likeness (QED) is 0.499. The zero-order valence-corrected chi connectivity index (χ0v) is 21.4. The van der Waals surface area contributed by atoms with Crippen molar-refractivity contribution >= 4 is 17.3 Å². The molecule has 4 fully saturated rings. The summed E-state index contributed by atoms with van der Waals surface area (Å²) in [5.41, 5.74) is 2.06. The van der Waals surface area contributed by atoms with Crippen molar-refractivity contribution in [3.8, 4) is 5.75 Å². The Balaban J connectivity index is 1.31. The minimum atomic E-state index is -0.189. The molecule has 3 saturated heterocycles. The van der Waals surface area contributed by atoms with Crippen LogP contribution in [0, 0.1) is 5.92 Å². The van der Waals surface area contributed by atoms with Crippen LogP contribution < -0.4 is 25.6 Å². The fourth-order valence-corrected chi connectivity index (χ4v) is 6.42. The fourth-order valence-electron chi connectivity index (χ4n) is 6.42. The lowest BCUT2D eigenvalue weighted by Gasteiger charge is -2.46. The first-order chi connectivity index (χ1) is 17.0. The van der Waals surface area contributed by atoms with Gasteiger partial charge in [0, 0.05) is 44.5 Å². The summed E-state index contributed by atoms with van der Waals surface area (Å²) in [6.45, 7) is 5.03. The smallest absolute Gasteiger partial charge is 0.227 e. The number of anilines is 2. The predicted molar refractivity (Wildman–Crippen MR) is 137 cm³/mol. The maximum atomic E-state index is 13.2. The van der Waals surface area contributed by atoms with E-state index in [1.807, 2.05) is 18.9 Å². The highest BCUT2D eigenvalue weighted by Crippen LogP contribution is 2.35. The Bertz CT molecular complexity index is 892. The number of fused-ring (bicyclic) bond motifs is 2. The lowest BCUT2D eigenvalue weighted by Crippen LogP contribution is -2.71. The largest absolute Gasteiger partial charge is 0.492 e. The number of amides is 1. The van der Waals surface area contributed by atoms with E-state index in [4.69, 9.17) is 4.74 Å². The third-order valence-corrected chi connectivity index (χ3v) is 8.48. The number of carbonyl (C=O) groups is 1. The maximum absolute atomic E-state index is 13.2. The van der Waals surface area contributed by atoms with Gasteiger partial charge in [0.1, 0.15) is 12.0 Å². The predicted octanol–water partition coefficient (Wildman–Crippen LogP) is 1.59. The minimum absolute atomic E-state index is 0.0744. The Hall–Kier alpha value is -2.07. The molecule has 3 heterocycles. The van der Waals surface area contributed by atoms with Crippen LogP contribution >= 0.6 is 0 Å². The summed E-state index contributed by atoms with van der Waals surface area (Å²) < 4.78 is 6.02. The van der Waals surface area contributed by atoms with Gasteiger partial charge in [-0.25, -0.2) is 0 Å². The Morgan fingerprint density at radius 3 is 2.66 bits per heavy atom. The molecule has 4 N–H and O–H groups in total. The van der Waals surface area contributed by atoms with Gasteiger partial charge in [-0.2, -0.15) is 0 Å². The number of hydrogen-bond donors (Lipinski definition) is 4. The molecule has 1 aliphatic carbocycles. The van der Waals surface area contributed by atoms with Gasteiger partial charge in [0.05, 0.1) is 36.5 Å². The second-order valence-corrected chi connectivity index (χ2v) is 10.6. The maximum Gasteiger partial charge on any atom is 0.227 e. The van der Waals surface area contributed by atoms with Crippen LogP contribution in [0.25, 0.3) is 0 Å². The number of carbonyl (C=O) groups excluding carboxylic acids is 1. The number of hydrogen-bond acceptors (Lipinski definition) is 8. The van der Waals surface area contributed by atoms with Crippen LogP contribution in [0.1, 0.15) is 45.4 Å². The molecule has 9 heteroatoms. The zero-order valence-electron chi connectivity index (χ0n) is 21.4.